The van der Waals surface area contributed by atoms with Crippen molar-refractivity contribution in [1.29, 1.82) is 0 Å². The highest BCUT2D eigenvalue weighted by Crippen LogP contribution is 2.64. The zero-order valence-corrected chi connectivity index (χ0v) is 55.7. The molecule has 0 radical (unpaired) electrons. The number of esters is 2. The summed E-state index contributed by atoms with van der Waals surface area (Å²) in [6.45, 7) is 8.35. The molecule has 2 aromatic rings. The molecule has 0 aromatic heterocycles. The van der Waals surface area contributed by atoms with Crippen molar-refractivity contribution in [2.75, 3.05) is 63.3 Å². The summed E-state index contributed by atoms with van der Waals surface area (Å²) in [5.41, 5.74) is 4.58. The number of piperidine rings is 2. The van der Waals surface area contributed by atoms with Crippen molar-refractivity contribution in [2.45, 2.75) is 216 Å². The Labute approximate surface area is 542 Å². The summed E-state index contributed by atoms with van der Waals surface area (Å²) in [5.74, 6) is -5.51. The van der Waals surface area contributed by atoms with E-state index in [9.17, 15) is 72.1 Å². The molecule has 516 valence electrons. The largest absolute Gasteiger partial charge is 0.453 e. The fourth-order valence-electron chi connectivity index (χ4n) is 17.9. The van der Waals surface area contributed by atoms with Gasteiger partial charge in [0.05, 0.1) is 12.2 Å². The number of alkyl halides is 10. The van der Waals surface area contributed by atoms with E-state index in [-0.39, 0.29) is 82.2 Å². The van der Waals surface area contributed by atoms with E-state index in [0.717, 1.165) is 140 Å². The van der Waals surface area contributed by atoms with Crippen LogP contribution in [0.1, 0.15) is 189 Å². The average Bonchev–Trinajstić information content (AvgIpc) is 1.68. The van der Waals surface area contributed by atoms with Gasteiger partial charge in [-0.05, 0) is 285 Å². The van der Waals surface area contributed by atoms with Crippen molar-refractivity contribution in [2.24, 2.45) is 58.2 Å². The molecule has 0 bridgehead atoms. The number of aliphatic hydroxyl groups is 2. The Hall–Kier alpha value is -2.89. The van der Waals surface area contributed by atoms with E-state index in [1.165, 1.54) is 11.1 Å². The van der Waals surface area contributed by atoms with E-state index in [1.54, 1.807) is 0 Å². The van der Waals surface area contributed by atoms with E-state index < -0.39 is 71.5 Å². The van der Waals surface area contributed by atoms with Crippen molar-refractivity contribution in [1.82, 2.24) is 9.80 Å². The number of fused-ring (bicyclic) bond motifs is 10. The second-order valence-corrected chi connectivity index (χ2v) is 32.3. The highest BCUT2D eigenvalue weighted by atomic mass is 35.5. The lowest BCUT2D eigenvalue weighted by Crippen LogP contribution is -2.47. The summed E-state index contributed by atoms with van der Waals surface area (Å²) < 4.78 is 165. The first-order valence-corrected chi connectivity index (χ1v) is 36.3. The van der Waals surface area contributed by atoms with Gasteiger partial charge in [0.25, 0.3) is 0 Å². The molecule has 8 aliphatic rings. The SMILES string of the molecule is CN1CCC(CC(=O)Oc2ccc3c(c2)C[C@@H](CCCS(=O)CCCC(F)(F)C(F)(F)F)[C@@H]2[C@@H]3CC[C@]3(C)[C@@H](O)CC[C@@H]23)CC1.CN1CCC(CC(=O)Oc2ccc3c(c2)C[C@@H](CCCS(=O)CCCC(F)(F)C(F)(F)F)[C@@H]2[C@@H]3CC[C@]3(C)[C@@H](O)CC[C@@H]23)CC1.Cl. The summed E-state index contributed by atoms with van der Waals surface area (Å²) in [4.78, 5) is 30.2. The summed E-state index contributed by atoms with van der Waals surface area (Å²) in [7, 11) is 1.23. The summed E-state index contributed by atoms with van der Waals surface area (Å²) in [6.07, 6.45) is 0.799. The molecule has 2 aliphatic heterocycles. The Bertz CT molecular complexity index is 2630. The molecule has 10 nitrogen and oxygen atoms in total. The summed E-state index contributed by atoms with van der Waals surface area (Å²) >= 11 is 0. The highest BCUT2D eigenvalue weighted by Gasteiger charge is 2.60. The predicted molar refractivity (Wildman–Crippen MR) is 335 cm³/mol. The van der Waals surface area contributed by atoms with Crippen LogP contribution < -0.4 is 9.47 Å². The van der Waals surface area contributed by atoms with Crippen molar-refractivity contribution >= 4 is 45.9 Å². The molecule has 14 atom stereocenters. The summed E-state index contributed by atoms with van der Waals surface area (Å²) in [6, 6.07) is 12.0. The van der Waals surface area contributed by atoms with E-state index >= 15 is 0 Å². The Morgan fingerprint density at radius 1 is 0.538 bits per heavy atom. The van der Waals surface area contributed by atoms with E-state index in [1.807, 2.05) is 24.3 Å². The molecule has 2 heterocycles. The molecule has 2 N–H and O–H groups in total. The average molecular weight is 1360 g/mol. The smallest absolute Gasteiger partial charge is 0.427 e. The van der Waals surface area contributed by atoms with Gasteiger partial charge in [-0.25, -0.2) is 0 Å². The number of halogens is 11. The van der Waals surface area contributed by atoms with E-state index in [4.69, 9.17) is 9.47 Å². The van der Waals surface area contributed by atoms with Crippen LogP contribution in [-0.4, -0.2) is 140 Å². The van der Waals surface area contributed by atoms with Crippen LogP contribution in [0.4, 0.5) is 43.9 Å². The molecule has 6 fully saturated rings. The van der Waals surface area contributed by atoms with Gasteiger partial charge < -0.3 is 29.5 Å². The summed E-state index contributed by atoms with van der Waals surface area (Å²) in [5, 5.41) is 21.9. The van der Waals surface area contributed by atoms with Crippen LogP contribution in [0.15, 0.2) is 36.4 Å². The minimum Gasteiger partial charge on any atom is -0.427 e. The molecule has 10 rings (SSSR count). The Morgan fingerprint density at radius 2 is 0.890 bits per heavy atom. The van der Waals surface area contributed by atoms with Crippen LogP contribution in [0.25, 0.3) is 0 Å². The lowest BCUT2D eigenvalue weighted by Gasteiger charge is -2.53. The van der Waals surface area contributed by atoms with Gasteiger partial charge in [0.15, 0.2) is 0 Å². The number of carbonyl (C=O) groups excluding carboxylic acids is 2. The molecule has 0 spiro atoms. The number of rotatable bonds is 22. The van der Waals surface area contributed by atoms with Gasteiger partial charge in [-0.3, -0.25) is 18.0 Å². The van der Waals surface area contributed by atoms with Gasteiger partial charge >= 0.3 is 36.1 Å². The second kappa shape index (κ2) is 30.7. The van der Waals surface area contributed by atoms with Crippen molar-refractivity contribution in [3.63, 3.8) is 0 Å². The first-order chi connectivity index (χ1) is 42.4. The molecule has 4 saturated carbocycles. The Morgan fingerprint density at radius 3 is 1.24 bits per heavy atom. The fourth-order valence-corrected chi connectivity index (χ4v) is 20.2. The second-order valence-electron chi connectivity index (χ2n) is 28.9. The first kappa shape index (κ1) is 73.9. The quantitative estimate of drug-likeness (QED) is 0.0667. The molecular formula is C68H97ClF10N2O8S2. The lowest BCUT2D eigenvalue weighted by molar-refractivity contribution is -0.284. The van der Waals surface area contributed by atoms with Crippen LogP contribution in [0.2, 0.25) is 0 Å². The molecule has 2 aromatic carbocycles. The standard InChI is InChI=1S/2C34H48F5NO4S.ClH/c2*1-32-14-10-27-26-7-6-25(44-30(42)19-22-11-15-40(2)16-12-22)21-24(26)20-23(31(27)28(32)8-9-29(32)41)5-3-17-45(43)18-4-13-33(35,36)34(37,38)39;/h2*6-7,21-23,27-29,31,41H,3-5,8-20H2,1-2H3;1H/t2*23-,27-,28+,29+,31-,32+,45?;/m11./s1. The maximum atomic E-state index is 13.3. The molecular weight excluding hydrogens is 1260 g/mol. The zero-order valence-electron chi connectivity index (χ0n) is 53.3. The normalized spacial score (nSPS) is 31.3. The van der Waals surface area contributed by atoms with Gasteiger partial charge in [-0.15, -0.1) is 12.4 Å². The van der Waals surface area contributed by atoms with Crippen molar-refractivity contribution < 1.29 is 81.6 Å². The first-order valence-electron chi connectivity index (χ1n) is 33.3. The number of ether oxygens (including phenoxy) is 2. The van der Waals surface area contributed by atoms with Crippen LogP contribution in [0, 0.1) is 58.2 Å². The van der Waals surface area contributed by atoms with Crippen LogP contribution >= 0.6 is 12.4 Å². The molecule has 2 saturated heterocycles. The number of benzene rings is 2. The number of hydrogen-bond donors (Lipinski definition) is 2. The molecule has 2 unspecified atom stereocenters. The zero-order chi connectivity index (χ0) is 65.1. The Kier molecular flexibility index (Phi) is 24.9. The number of carbonyl (C=O) groups is 2. The monoisotopic (exact) mass is 1360 g/mol. The molecule has 6 aliphatic carbocycles. The van der Waals surface area contributed by atoms with Crippen LogP contribution in [-0.2, 0) is 44.0 Å². The number of nitrogens with zero attached hydrogens (tertiary/aromatic N) is 2. The third-order valence-corrected chi connectivity index (χ3v) is 26.1. The van der Waals surface area contributed by atoms with Crippen LogP contribution in [0.3, 0.4) is 0 Å². The van der Waals surface area contributed by atoms with E-state index in [0.29, 0.717) is 84.5 Å². The maximum Gasteiger partial charge on any atom is 0.453 e. The van der Waals surface area contributed by atoms with Gasteiger partial charge in [-0.2, -0.15) is 43.9 Å². The van der Waals surface area contributed by atoms with Crippen LogP contribution in [0.5, 0.6) is 11.5 Å². The fraction of sp³-hybridized carbons (Fsp3) is 0.794. The van der Waals surface area contributed by atoms with Crippen molar-refractivity contribution in [3.8, 4) is 11.5 Å². The predicted octanol–water partition coefficient (Wildman–Crippen LogP) is 15.0. The third-order valence-electron chi connectivity index (χ3n) is 23.1. The highest BCUT2D eigenvalue weighted by molar-refractivity contribution is 7.85. The van der Waals surface area contributed by atoms with Crippen molar-refractivity contribution in [3.05, 3.63) is 58.7 Å². The molecule has 0 amide bonds. The maximum absolute atomic E-state index is 13.3. The minimum atomic E-state index is -5.59. The Balaban J connectivity index is 0.000000232. The number of likely N-dealkylation sites (tertiary alicyclic amines) is 2. The number of hydrogen-bond acceptors (Lipinski definition) is 10. The van der Waals surface area contributed by atoms with Gasteiger partial charge in [0, 0.05) is 70.3 Å². The number of aliphatic hydroxyl groups excluding tert-OH is 2. The van der Waals surface area contributed by atoms with Gasteiger partial charge in [0.1, 0.15) is 11.5 Å². The molecule has 23 heteroatoms. The molecule has 91 heavy (non-hydrogen) atoms. The van der Waals surface area contributed by atoms with E-state index in [2.05, 4.69) is 49.9 Å². The van der Waals surface area contributed by atoms with Gasteiger partial charge in [-0.1, -0.05) is 26.0 Å². The topological polar surface area (TPSA) is 134 Å². The third kappa shape index (κ3) is 17.6. The lowest BCUT2D eigenvalue weighted by atomic mass is 9.52. The van der Waals surface area contributed by atoms with Gasteiger partial charge in [0.2, 0.25) is 0 Å². The minimum absolute atomic E-state index is 0.